The Hall–Kier alpha value is -4.57. The fraction of sp³-hybridized carbons (Fsp3) is 0.375. The highest BCUT2D eigenvalue weighted by Crippen LogP contribution is 2.49. The summed E-state index contributed by atoms with van der Waals surface area (Å²) in [6, 6.07) is 21.6. The molecule has 5 aromatic rings. The molecule has 3 heterocycles. The lowest BCUT2D eigenvalue weighted by Gasteiger charge is -2.31. The van der Waals surface area contributed by atoms with E-state index in [4.69, 9.17) is 19.4 Å². The van der Waals surface area contributed by atoms with Crippen molar-refractivity contribution < 1.29 is 39.5 Å². The third-order valence-corrected chi connectivity index (χ3v) is 12.4. The van der Waals surface area contributed by atoms with Gasteiger partial charge in [-0.2, -0.15) is 0 Å². The van der Waals surface area contributed by atoms with Gasteiger partial charge in [-0.15, -0.1) is 22.7 Å². The number of ether oxygens (including phenoxy) is 2. The van der Waals surface area contributed by atoms with E-state index < -0.39 is 17.7 Å². The molecule has 2 saturated carbocycles. The van der Waals surface area contributed by atoms with E-state index in [9.17, 15) is 24.9 Å². The fourth-order valence-corrected chi connectivity index (χ4v) is 9.65. The maximum absolute atomic E-state index is 13.6. The smallest absolute Gasteiger partial charge is 0.349 e. The average molecular weight is 776 g/mol. The summed E-state index contributed by atoms with van der Waals surface area (Å²) in [7, 11) is 2.15. The van der Waals surface area contributed by atoms with Gasteiger partial charge in [0.15, 0.2) is 0 Å². The molecule has 7 rings (SSSR count). The molecule has 4 unspecified atom stereocenters. The average Bonchev–Trinajstić information content (AvgIpc) is 4.01. The molecule has 6 N–H and O–H groups in total. The molecular weight excluding hydrogens is 731 g/mol. The molecule has 0 radical (unpaired) electrons. The Morgan fingerprint density at radius 2 is 1.76 bits per heavy atom. The van der Waals surface area contributed by atoms with Crippen LogP contribution in [0.1, 0.15) is 52.7 Å². The van der Waals surface area contributed by atoms with E-state index in [2.05, 4.69) is 22.2 Å². The topological polar surface area (TPSA) is 182 Å². The first-order valence-electron chi connectivity index (χ1n) is 17.9. The molecule has 12 nitrogen and oxygen atoms in total. The molecule has 3 aromatic heterocycles. The molecular formula is C40H45N3O9S2. The lowest BCUT2D eigenvalue weighted by molar-refractivity contribution is -0.170. The zero-order valence-corrected chi connectivity index (χ0v) is 31.4. The fourth-order valence-electron chi connectivity index (χ4n) is 7.94. The highest BCUT2D eigenvalue weighted by molar-refractivity contribution is 7.12. The third-order valence-electron chi connectivity index (χ3n) is 10.4. The number of phenols is 1. The van der Waals surface area contributed by atoms with Crippen molar-refractivity contribution in [2.75, 3.05) is 26.7 Å². The summed E-state index contributed by atoms with van der Waals surface area (Å²) in [5.74, 6) is 0.882. The van der Waals surface area contributed by atoms with Crippen LogP contribution in [0.5, 0.6) is 11.5 Å². The van der Waals surface area contributed by atoms with Crippen molar-refractivity contribution in [2.24, 2.45) is 11.8 Å². The van der Waals surface area contributed by atoms with Crippen LogP contribution in [0.25, 0.3) is 10.9 Å². The number of H-pyrrole nitrogens is 1. The van der Waals surface area contributed by atoms with Crippen LogP contribution in [0.3, 0.4) is 0 Å². The van der Waals surface area contributed by atoms with Crippen LogP contribution >= 0.6 is 22.7 Å². The van der Waals surface area contributed by atoms with E-state index in [1.807, 2.05) is 47.2 Å². The second-order valence-corrected chi connectivity index (χ2v) is 15.6. The Morgan fingerprint density at radius 1 is 1.06 bits per heavy atom. The molecule has 2 aromatic carbocycles. The summed E-state index contributed by atoms with van der Waals surface area (Å²) in [6.07, 6.45) is 2.79. The first-order valence-corrected chi connectivity index (χ1v) is 19.6. The lowest BCUT2D eigenvalue weighted by atomic mass is 9.96. The monoisotopic (exact) mass is 775 g/mol. The Kier molecular flexibility index (Phi) is 12.8. The van der Waals surface area contributed by atoms with Gasteiger partial charge in [0.05, 0.1) is 28.0 Å². The molecule has 14 heteroatoms. The molecule has 2 bridgehead atoms. The molecule has 2 aliphatic rings. The highest BCUT2D eigenvalue weighted by atomic mass is 32.1. The molecule has 0 amide bonds. The van der Waals surface area contributed by atoms with Crippen molar-refractivity contribution in [2.45, 2.75) is 56.1 Å². The van der Waals surface area contributed by atoms with Gasteiger partial charge in [-0.1, -0.05) is 30.3 Å². The summed E-state index contributed by atoms with van der Waals surface area (Å²) in [5, 5.41) is 47.1. The SMILES string of the molecule is CN(CCCOc1ccc(CNC[C@H](O)c2ccc(O)c3[nH]c(=O)ccc23)cc1)C1C2CCC1C(OC(=O)C(O)(c1cccs1)c1cccs1)C2.O=CO. The minimum absolute atomic E-state index is 0.0365. The normalized spacial score (nSPS) is 19.7. The number of carbonyl (C=O) groups excluding carboxylic acids is 1. The quantitative estimate of drug-likeness (QED) is 0.0466. The first kappa shape index (κ1) is 39.1. The van der Waals surface area contributed by atoms with E-state index in [0.717, 1.165) is 43.5 Å². The van der Waals surface area contributed by atoms with Gasteiger partial charge in [0.2, 0.25) is 11.2 Å². The van der Waals surface area contributed by atoms with Crippen LogP contribution < -0.4 is 15.6 Å². The highest BCUT2D eigenvalue weighted by Gasteiger charge is 2.53. The molecule has 2 fully saturated rings. The number of thiophene rings is 2. The molecule has 0 spiro atoms. The van der Waals surface area contributed by atoms with Gasteiger partial charge in [-0.05, 0) is 96.9 Å². The molecule has 54 heavy (non-hydrogen) atoms. The van der Waals surface area contributed by atoms with Gasteiger partial charge in [0, 0.05) is 43.0 Å². The van der Waals surface area contributed by atoms with Gasteiger partial charge in [-0.25, -0.2) is 4.79 Å². The minimum Gasteiger partial charge on any atom is -0.506 e. The van der Waals surface area contributed by atoms with Crippen LogP contribution in [0, 0.1) is 11.8 Å². The van der Waals surface area contributed by atoms with E-state index in [0.29, 0.717) is 57.9 Å². The minimum atomic E-state index is -1.78. The van der Waals surface area contributed by atoms with Crippen molar-refractivity contribution in [3.05, 3.63) is 115 Å². The number of aromatic nitrogens is 1. The second kappa shape index (κ2) is 17.7. The number of aromatic hydroxyl groups is 1. The van der Waals surface area contributed by atoms with E-state index in [-0.39, 0.29) is 29.8 Å². The van der Waals surface area contributed by atoms with E-state index in [1.165, 1.54) is 34.8 Å². The Balaban J connectivity index is 0.00000160. The summed E-state index contributed by atoms with van der Waals surface area (Å²) >= 11 is 2.72. The molecule has 2 aliphatic carbocycles. The summed E-state index contributed by atoms with van der Waals surface area (Å²) in [6.45, 7) is 2.04. The number of carboxylic acid groups (broad SMARTS) is 1. The van der Waals surface area contributed by atoms with Crippen LogP contribution in [-0.4, -0.2) is 81.6 Å². The Labute approximate surface area is 320 Å². The van der Waals surface area contributed by atoms with Gasteiger partial charge in [-0.3, -0.25) is 9.59 Å². The lowest BCUT2D eigenvalue weighted by Crippen LogP contribution is -2.42. The maximum atomic E-state index is 13.6. The van der Waals surface area contributed by atoms with Crippen molar-refractivity contribution in [3.63, 3.8) is 0 Å². The predicted molar refractivity (Wildman–Crippen MR) is 207 cm³/mol. The maximum Gasteiger partial charge on any atom is 0.349 e. The van der Waals surface area contributed by atoms with Gasteiger partial charge in [0.1, 0.15) is 17.6 Å². The van der Waals surface area contributed by atoms with Gasteiger partial charge < -0.3 is 45.1 Å². The summed E-state index contributed by atoms with van der Waals surface area (Å²) in [5.41, 5.74) is -0.116. The Bertz CT molecular complexity index is 2000. The first-order chi connectivity index (χ1) is 26.1. The summed E-state index contributed by atoms with van der Waals surface area (Å²) < 4.78 is 12.2. The number of nitrogens with one attached hydrogen (secondary N) is 2. The molecule has 0 aliphatic heterocycles. The molecule has 0 saturated heterocycles. The van der Waals surface area contributed by atoms with Crippen LogP contribution in [0.15, 0.2) is 88.4 Å². The standard InChI is InChI=1S/C39H43N3O7S2.CH2O2/c1-42(37-25-9-12-29(37)32(21-25)49-38(46)39(47,33-5-2-19-50-33)34-6-3-20-51-34)17-4-18-48-26-10-7-24(8-11-26)22-40-23-31(44)27-13-15-30(43)36-28(27)14-16-35(45)41-36;2-1-3/h2-3,5-8,10-11,13-16,19-20,25,29,31-32,37,40,43-44,47H,4,9,12,17-18,21-23H2,1H3,(H,41,45);1H,(H,2,3)/t25?,29?,31-,32?,37?;/m0./s1. The van der Waals surface area contributed by atoms with Crippen molar-refractivity contribution >= 4 is 46.0 Å². The number of carbonyl (C=O) groups is 2. The van der Waals surface area contributed by atoms with Gasteiger partial charge in [0.25, 0.3) is 6.47 Å². The van der Waals surface area contributed by atoms with E-state index >= 15 is 0 Å². The number of aromatic amines is 1. The van der Waals surface area contributed by atoms with Crippen molar-refractivity contribution in [1.29, 1.82) is 0 Å². The number of benzene rings is 2. The number of rotatable bonds is 15. The Morgan fingerprint density at radius 3 is 2.43 bits per heavy atom. The van der Waals surface area contributed by atoms with Crippen molar-refractivity contribution in [3.8, 4) is 11.5 Å². The largest absolute Gasteiger partial charge is 0.506 e. The zero-order chi connectivity index (χ0) is 38.2. The third kappa shape index (κ3) is 8.54. The number of hydrogen-bond acceptors (Lipinski definition) is 12. The summed E-state index contributed by atoms with van der Waals surface area (Å²) in [4.78, 5) is 39.8. The number of hydrogen-bond donors (Lipinski definition) is 6. The number of fused-ring (bicyclic) bond motifs is 3. The van der Waals surface area contributed by atoms with Crippen LogP contribution in [0.4, 0.5) is 0 Å². The van der Waals surface area contributed by atoms with Crippen LogP contribution in [0.2, 0.25) is 0 Å². The van der Waals surface area contributed by atoms with Crippen LogP contribution in [-0.2, 0) is 26.5 Å². The number of phenolic OH excluding ortho intramolecular Hbond substituents is 1. The number of nitrogens with zero attached hydrogens (tertiary/aromatic N) is 1. The van der Waals surface area contributed by atoms with Crippen molar-refractivity contribution in [1.82, 2.24) is 15.2 Å². The number of pyridine rings is 1. The van der Waals surface area contributed by atoms with E-state index in [1.54, 1.807) is 24.3 Å². The molecule has 5 atom stereocenters. The predicted octanol–water partition coefficient (Wildman–Crippen LogP) is 5.23. The zero-order valence-electron chi connectivity index (χ0n) is 29.8. The number of aliphatic hydroxyl groups is 2. The van der Waals surface area contributed by atoms with Gasteiger partial charge >= 0.3 is 5.97 Å². The number of esters is 1. The number of aliphatic hydroxyl groups excluding tert-OH is 1. The second-order valence-electron chi connectivity index (χ2n) is 13.7. The molecule has 286 valence electrons.